The maximum Gasteiger partial charge on any atom is 0.341 e. The summed E-state index contributed by atoms with van der Waals surface area (Å²) >= 11 is 8.14. The molecule has 0 bridgehead atoms. The number of thiophene rings is 1. The van der Waals surface area contributed by atoms with Crippen LogP contribution in [0.25, 0.3) is 11.1 Å². The van der Waals surface area contributed by atoms with E-state index in [0.717, 1.165) is 33.0 Å². The number of methoxy groups -OCH3 is 1. The first-order valence-corrected chi connectivity index (χ1v) is 14.0. The molecule has 3 aromatic carbocycles. The number of hydrogen-bond donors (Lipinski definition) is 3. The molecule has 9 heteroatoms. The van der Waals surface area contributed by atoms with E-state index >= 15 is 0 Å². The van der Waals surface area contributed by atoms with Gasteiger partial charge >= 0.3 is 5.97 Å². The summed E-state index contributed by atoms with van der Waals surface area (Å²) < 4.78 is 5.03. The van der Waals surface area contributed by atoms with Crippen LogP contribution in [-0.2, 0) is 9.53 Å². The van der Waals surface area contributed by atoms with Crippen LogP contribution >= 0.6 is 35.3 Å². The highest BCUT2D eigenvalue weighted by Gasteiger charge is 2.24. The van der Waals surface area contributed by atoms with Crippen molar-refractivity contribution >= 4 is 68.7 Å². The van der Waals surface area contributed by atoms with Gasteiger partial charge in [0.1, 0.15) is 10.6 Å². The number of thioether (sulfide) groups is 1. The van der Waals surface area contributed by atoms with Crippen LogP contribution in [0.4, 0.5) is 16.4 Å². The third-order valence-corrected chi connectivity index (χ3v) is 7.78. The number of esters is 1. The number of carbonyl (C=O) groups is 2. The largest absolute Gasteiger partial charge is 0.465 e. The summed E-state index contributed by atoms with van der Waals surface area (Å²) in [5.74, 6) is -0.701. The van der Waals surface area contributed by atoms with Gasteiger partial charge < -0.3 is 20.7 Å². The fourth-order valence-corrected chi connectivity index (χ4v) is 5.76. The SMILES string of the molecule is COC(=O)c1c(-c2ccc(C)cc2)csc1NC(=O)C(C)Sc1cccc(NC(=S)Nc2ccccc2)c1. The minimum absolute atomic E-state index is 0.211. The maximum atomic E-state index is 13.1. The predicted octanol–water partition coefficient (Wildman–Crippen LogP) is 7.44. The number of benzene rings is 3. The Morgan fingerprint density at radius 2 is 1.61 bits per heavy atom. The number of amides is 1. The molecule has 1 atom stereocenters. The van der Waals surface area contributed by atoms with Gasteiger partial charge in [0.2, 0.25) is 5.91 Å². The van der Waals surface area contributed by atoms with E-state index in [1.165, 1.54) is 30.2 Å². The quantitative estimate of drug-likeness (QED) is 0.117. The van der Waals surface area contributed by atoms with Crippen molar-refractivity contribution < 1.29 is 14.3 Å². The smallest absolute Gasteiger partial charge is 0.341 e. The van der Waals surface area contributed by atoms with Crippen molar-refractivity contribution in [1.29, 1.82) is 0 Å². The topological polar surface area (TPSA) is 79.5 Å². The second-order valence-electron chi connectivity index (χ2n) is 8.43. The average molecular weight is 562 g/mol. The molecule has 0 aliphatic heterocycles. The van der Waals surface area contributed by atoms with E-state index in [9.17, 15) is 9.59 Å². The van der Waals surface area contributed by atoms with Crippen LogP contribution in [0.2, 0.25) is 0 Å². The number of para-hydroxylation sites is 1. The second kappa shape index (κ2) is 12.7. The van der Waals surface area contributed by atoms with Crippen LogP contribution in [0.5, 0.6) is 0 Å². The molecule has 0 saturated heterocycles. The van der Waals surface area contributed by atoms with Gasteiger partial charge in [0, 0.05) is 27.2 Å². The first-order valence-electron chi connectivity index (χ1n) is 11.8. The number of aryl methyl sites for hydroxylation is 1. The highest BCUT2D eigenvalue weighted by molar-refractivity contribution is 8.00. The summed E-state index contributed by atoms with van der Waals surface area (Å²) in [7, 11) is 1.34. The number of carbonyl (C=O) groups excluding carboxylic acids is 2. The standard InChI is InChI=1S/C29H27N3O3S3/c1-18-12-14-20(15-13-18)24-17-37-27(25(24)28(34)35-3)32-26(33)19(2)38-23-11-7-10-22(16-23)31-29(36)30-21-8-5-4-6-9-21/h4-17,19H,1-3H3,(H,32,33)(H2,30,31,36). The Labute approximate surface area is 235 Å². The van der Waals surface area contributed by atoms with Crippen molar-refractivity contribution in [3.63, 3.8) is 0 Å². The van der Waals surface area contributed by atoms with Gasteiger partial charge in [0.15, 0.2) is 5.11 Å². The Bertz CT molecular complexity index is 1440. The zero-order valence-corrected chi connectivity index (χ0v) is 23.6. The summed E-state index contributed by atoms with van der Waals surface area (Å²) in [5.41, 5.74) is 4.81. The van der Waals surface area contributed by atoms with Gasteiger partial charge in [-0.1, -0.05) is 54.1 Å². The predicted molar refractivity (Wildman–Crippen MR) is 163 cm³/mol. The third-order valence-electron chi connectivity index (χ3n) is 5.59. The molecule has 1 unspecified atom stereocenters. The van der Waals surface area contributed by atoms with Crippen molar-refractivity contribution in [2.24, 2.45) is 0 Å². The summed E-state index contributed by atoms with van der Waals surface area (Å²) in [6, 6.07) is 25.2. The average Bonchev–Trinajstić information content (AvgIpc) is 3.32. The number of rotatable bonds is 8. The number of hydrogen-bond acceptors (Lipinski definition) is 6. The van der Waals surface area contributed by atoms with Gasteiger partial charge in [-0.25, -0.2) is 4.79 Å². The second-order valence-corrected chi connectivity index (χ2v) is 11.1. The van der Waals surface area contributed by atoms with E-state index in [1.54, 1.807) is 0 Å². The summed E-state index contributed by atoms with van der Waals surface area (Å²) in [4.78, 5) is 26.7. The minimum atomic E-state index is -0.490. The molecular formula is C29H27N3O3S3. The molecule has 4 rings (SSSR count). The van der Waals surface area contributed by atoms with Crippen LogP contribution in [0.15, 0.2) is 89.1 Å². The van der Waals surface area contributed by atoms with E-state index in [0.29, 0.717) is 15.7 Å². The Kier molecular flexibility index (Phi) is 9.17. The van der Waals surface area contributed by atoms with Gasteiger partial charge in [-0.15, -0.1) is 23.1 Å². The van der Waals surface area contributed by atoms with E-state index in [-0.39, 0.29) is 5.91 Å². The van der Waals surface area contributed by atoms with Gasteiger partial charge in [-0.2, -0.15) is 0 Å². The van der Waals surface area contributed by atoms with E-state index < -0.39 is 11.2 Å². The molecule has 1 amide bonds. The number of ether oxygens (including phenoxy) is 1. The number of nitrogens with one attached hydrogen (secondary N) is 3. The van der Waals surface area contributed by atoms with Crippen LogP contribution in [-0.4, -0.2) is 29.3 Å². The monoisotopic (exact) mass is 561 g/mol. The lowest BCUT2D eigenvalue weighted by Gasteiger charge is -2.14. The molecule has 4 aromatic rings. The van der Waals surface area contributed by atoms with Crippen LogP contribution < -0.4 is 16.0 Å². The van der Waals surface area contributed by atoms with E-state index in [1.807, 2.05) is 98.1 Å². The molecule has 0 spiro atoms. The van der Waals surface area contributed by atoms with Crippen molar-refractivity contribution in [2.45, 2.75) is 24.0 Å². The highest BCUT2D eigenvalue weighted by Crippen LogP contribution is 2.37. The third kappa shape index (κ3) is 7.00. The Morgan fingerprint density at radius 3 is 2.32 bits per heavy atom. The molecule has 0 aliphatic rings. The van der Waals surface area contributed by atoms with E-state index in [4.69, 9.17) is 17.0 Å². The summed E-state index contributed by atoms with van der Waals surface area (Å²) in [5, 5.41) is 11.6. The Hall–Kier alpha value is -3.66. The highest BCUT2D eigenvalue weighted by atomic mass is 32.2. The first kappa shape index (κ1) is 27.4. The Morgan fingerprint density at radius 1 is 0.921 bits per heavy atom. The fraction of sp³-hybridized carbons (Fsp3) is 0.138. The molecule has 0 fully saturated rings. The molecule has 6 nitrogen and oxygen atoms in total. The maximum absolute atomic E-state index is 13.1. The summed E-state index contributed by atoms with van der Waals surface area (Å²) in [6.07, 6.45) is 0. The molecule has 3 N–H and O–H groups in total. The van der Waals surface area contributed by atoms with E-state index in [2.05, 4.69) is 16.0 Å². The van der Waals surface area contributed by atoms with Gasteiger partial charge in [0.25, 0.3) is 0 Å². The lowest BCUT2D eigenvalue weighted by Crippen LogP contribution is -2.23. The van der Waals surface area contributed by atoms with Crippen LogP contribution in [0.1, 0.15) is 22.8 Å². The molecule has 1 aromatic heterocycles. The zero-order chi connectivity index (χ0) is 27.1. The molecule has 38 heavy (non-hydrogen) atoms. The molecule has 0 radical (unpaired) electrons. The van der Waals surface area contributed by atoms with Gasteiger partial charge in [-0.05, 0) is 62.0 Å². The van der Waals surface area contributed by atoms with Crippen molar-refractivity contribution in [3.05, 3.63) is 95.4 Å². The van der Waals surface area contributed by atoms with Gasteiger partial charge in [0.05, 0.1) is 12.4 Å². The first-order chi connectivity index (χ1) is 18.3. The van der Waals surface area contributed by atoms with Crippen LogP contribution in [0.3, 0.4) is 0 Å². The molecule has 0 aliphatic carbocycles. The van der Waals surface area contributed by atoms with Gasteiger partial charge in [-0.3, -0.25) is 4.79 Å². The van der Waals surface area contributed by atoms with Crippen LogP contribution in [0, 0.1) is 6.92 Å². The zero-order valence-electron chi connectivity index (χ0n) is 21.1. The molecule has 0 saturated carbocycles. The summed E-state index contributed by atoms with van der Waals surface area (Å²) in [6.45, 7) is 3.83. The van der Waals surface area contributed by atoms with Crippen molar-refractivity contribution in [3.8, 4) is 11.1 Å². The lowest BCUT2D eigenvalue weighted by atomic mass is 10.0. The molecule has 1 heterocycles. The molecular weight excluding hydrogens is 535 g/mol. The lowest BCUT2D eigenvalue weighted by molar-refractivity contribution is -0.115. The number of anilines is 3. The number of thiocarbonyl (C=S) groups is 1. The fourth-order valence-electron chi connectivity index (χ4n) is 3.63. The minimum Gasteiger partial charge on any atom is -0.465 e. The normalized spacial score (nSPS) is 11.3. The van der Waals surface area contributed by atoms with Crippen molar-refractivity contribution in [2.75, 3.05) is 23.1 Å². The Balaban J connectivity index is 1.43. The molecule has 194 valence electrons. The van der Waals surface area contributed by atoms with Crippen molar-refractivity contribution in [1.82, 2.24) is 0 Å².